The molecule has 0 unspecified atom stereocenters. The highest BCUT2D eigenvalue weighted by molar-refractivity contribution is 9.13. The number of benzene rings is 1. The van der Waals surface area contributed by atoms with Gasteiger partial charge in [0.1, 0.15) is 15.0 Å². The zero-order valence-electron chi connectivity index (χ0n) is 6.26. The monoisotopic (exact) mass is 304 g/mol. The number of hydrogen-bond donors (Lipinski definition) is 0. The summed E-state index contributed by atoms with van der Waals surface area (Å²) in [7, 11) is 0. The Labute approximate surface area is 90.5 Å². The fraction of sp³-hybridized carbons (Fsp3) is 0. The molecule has 0 atom stereocenters. The van der Waals surface area contributed by atoms with Gasteiger partial charge in [0, 0.05) is 6.07 Å². The summed E-state index contributed by atoms with van der Waals surface area (Å²) in [5, 5.41) is 0. The van der Waals surface area contributed by atoms with Crippen molar-refractivity contribution in [3.63, 3.8) is 0 Å². The molecule has 0 fully saturated rings. The Morgan fingerprint density at radius 1 is 1.00 bits per heavy atom. The normalized spacial score (nSPS) is 10.7. The van der Waals surface area contributed by atoms with Gasteiger partial charge < -0.3 is 0 Å². The first-order valence-electron chi connectivity index (χ1n) is 3.45. The average molecular weight is 306 g/mol. The van der Waals surface area contributed by atoms with Crippen LogP contribution in [0.15, 0.2) is 27.4 Å². The SMILES string of the molecule is Fc1ccc2nc(Br)c(Br)nc2c1. The molecule has 2 nitrogen and oxygen atoms in total. The smallest absolute Gasteiger partial charge is 0.139 e. The highest BCUT2D eigenvalue weighted by Gasteiger charge is 2.03. The van der Waals surface area contributed by atoms with E-state index in [2.05, 4.69) is 41.8 Å². The molecule has 2 aromatic rings. The van der Waals surface area contributed by atoms with Gasteiger partial charge in [0.25, 0.3) is 0 Å². The maximum Gasteiger partial charge on any atom is 0.139 e. The van der Waals surface area contributed by atoms with E-state index in [-0.39, 0.29) is 5.82 Å². The number of hydrogen-bond acceptors (Lipinski definition) is 2. The molecule has 0 radical (unpaired) electrons. The number of aromatic nitrogens is 2. The van der Waals surface area contributed by atoms with Gasteiger partial charge in [0.15, 0.2) is 0 Å². The summed E-state index contributed by atoms with van der Waals surface area (Å²) >= 11 is 6.42. The van der Waals surface area contributed by atoms with Crippen LogP contribution in [0.1, 0.15) is 0 Å². The molecule has 1 aromatic heterocycles. The van der Waals surface area contributed by atoms with Crippen molar-refractivity contribution in [2.75, 3.05) is 0 Å². The molecule has 0 aliphatic heterocycles. The van der Waals surface area contributed by atoms with Gasteiger partial charge in [0.05, 0.1) is 11.0 Å². The van der Waals surface area contributed by atoms with Crippen molar-refractivity contribution in [1.82, 2.24) is 9.97 Å². The van der Waals surface area contributed by atoms with E-state index >= 15 is 0 Å². The summed E-state index contributed by atoms with van der Waals surface area (Å²) in [6.45, 7) is 0. The highest BCUT2D eigenvalue weighted by Crippen LogP contribution is 2.22. The summed E-state index contributed by atoms with van der Waals surface area (Å²) in [6.07, 6.45) is 0. The van der Waals surface area contributed by atoms with Crippen LogP contribution in [0, 0.1) is 5.82 Å². The van der Waals surface area contributed by atoms with Crippen molar-refractivity contribution in [1.29, 1.82) is 0 Å². The molecule has 0 amide bonds. The lowest BCUT2D eigenvalue weighted by Gasteiger charge is -1.99. The molecule has 1 heterocycles. The van der Waals surface area contributed by atoms with Crippen molar-refractivity contribution in [3.8, 4) is 0 Å². The van der Waals surface area contributed by atoms with Crippen LogP contribution in [0.2, 0.25) is 0 Å². The van der Waals surface area contributed by atoms with Crippen molar-refractivity contribution < 1.29 is 4.39 Å². The highest BCUT2D eigenvalue weighted by atomic mass is 79.9. The van der Waals surface area contributed by atoms with E-state index < -0.39 is 0 Å². The molecule has 0 spiro atoms. The molecule has 0 bridgehead atoms. The number of fused-ring (bicyclic) bond motifs is 1. The van der Waals surface area contributed by atoms with Gasteiger partial charge in [-0.25, -0.2) is 14.4 Å². The summed E-state index contributed by atoms with van der Waals surface area (Å²) in [5.74, 6) is -0.309. The molecule has 0 aliphatic carbocycles. The van der Waals surface area contributed by atoms with Gasteiger partial charge in [-0.3, -0.25) is 0 Å². The van der Waals surface area contributed by atoms with Crippen molar-refractivity contribution in [2.24, 2.45) is 0 Å². The van der Waals surface area contributed by atoms with E-state index in [0.717, 1.165) is 0 Å². The first-order chi connectivity index (χ1) is 6.16. The standard InChI is InChI=1S/C8H3Br2FN2/c9-7-8(10)13-6-3-4(11)1-2-5(6)12-7/h1-3H. The minimum Gasteiger partial charge on any atom is -0.236 e. The van der Waals surface area contributed by atoms with E-state index in [0.29, 0.717) is 20.2 Å². The molecule has 5 heteroatoms. The van der Waals surface area contributed by atoms with Gasteiger partial charge >= 0.3 is 0 Å². The number of rotatable bonds is 0. The molecular formula is C8H3Br2FN2. The minimum atomic E-state index is -0.309. The topological polar surface area (TPSA) is 25.8 Å². The fourth-order valence-electron chi connectivity index (χ4n) is 0.984. The van der Waals surface area contributed by atoms with Gasteiger partial charge in [0.2, 0.25) is 0 Å². The Morgan fingerprint density at radius 3 is 2.31 bits per heavy atom. The first-order valence-corrected chi connectivity index (χ1v) is 5.04. The molecule has 0 saturated carbocycles. The largest absolute Gasteiger partial charge is 0.236 e. The van der Waals surface area contributed by atoms with E-state index in [1.54, 1.807) is 6.07 Å². The van der Waals surface area contributed by atoms with Crippen LogP contribution in [0.5, 0.6) is 0 Å². The van der Waals surface area contributed by atoms with Crippen LogP contribution in [0.3, 0.4) is 0 Å². The summed E-state index contributed by atoms with van der Waals surface area (Å²) in [6, 6.07) is 4.30. The van der Waals surface area contributed by atoms with Gasteiger partial charge in [-0.1, -0.05) is 0 Å². The van der Waals surface area contributed by atoms with E-state index in [9.17, 15) is 4.39 Å². The van der Waals surface area contributed by atoms with E-state index in [1.165, 1.54) is 12.1 Å². The lowest BCUT2D eigenvalue weighted by Crippen LogP contribution is -1.87. The van der Waals surface area contributed by atoms with Crippen LogP contribution in [0.4, 0.5) is 4.39 Å². The maximum absolute atomic E-state index is 12.8. The van der Waals surface area contributed by atoms with Crippen molar-refractivity contribution >= 4 is 42.9 Å². The Bertz CT molecular complexity index is 473. The third kappa shape index (κ3) is 1.71. The quantitative estimate of drug-likeness (QED) is 0.746. The molecule has 66 valence electrons. The summed E-state index contributed by atoms with van der Waals surface area (Å²) < 4.78 is 14.0. The zero-order valence-corrected chi connectivity index (χ0v) is 9.43. The predicted molar refractivity (Wildman–Crippen MR) is 54.9 cm³/mol. The Morgan fingerprint density at radius 2 is 1.62 bits per heavy atom. The fourth-order valence-corrected chi connectivity index (χ4v) is 1.54. The maximum atomic E-state index is 12.8. The second-order valence-corrected chi connectivity index (χ2v) is 3.94. The third-order valence-electron chi connectivity index (χ3n) is 1.54. The average Bonchev–Trinajstić information content (AvgIpc) is 2.08. The van der Waals surface area contributed by atoms with Gasteiger partial charge in [-0.2, -0.15) is 0 Å². The second-order valence-electron chi connectivity index (χ2n) is 2.44. The van der Waals surface area contributed by atoms with E-state index in [1.807, 2.05) is 0 Å². The second kappa shape index (κ2) is 3.31. The van der Waals surface area contributed by atoms with Crippen LogP contribution >= 0.6 is 31.9 Å². The van der Waals surface area contributed by atoms with Gasteiger partial charge in [-0.15, -0.1) is 0 Å². The molecule has 13 heavy (non-hydrogen) atoms. The van der Waals surface area contributed by atoms with Crippen LogP contribution in [-0.2, 0) is 0 Å². The van der Waals surface area contributed by atoms with Crippen molar-refractivity contribution in [3.05, 3.63) is 33.2 Å². The lowest BCUT2D eigenvalue weighted by molar-refractivity contribution is 0.629. The summed E-state index contributed by atoms with van der Waals surface area (Å²) in [4.78, 5) is 8.26. The Hall–Kier alpha value is -0.550. The Kier molecular flexibility index (Phi) is 2.29. The predicted octanol–water partition coefficient (Wildman–Crippen LogP) is 3.29. The first kappa shape index (κ1) is 9.02. The van der Waals surface area contributed by atoms with Crippen molar-refractivity contribution in [2.45, 2.75) is 0 Å². The Balaban J connectivity index is 2.81. The zero-order chi connectivity index (χ0) is 9.42. The lowest BCUT2D eigenvalue weighted by atomic mass is 10.3. The minimum absolute atomic E-state index is 0.309. The summed E-state index contributed by atoms with van der Waals surface area (Å²) in [5.41, 5.74) is 1.20. The molecule has 1 aromatic carbocycles. The third-order valence-corrected chi connectivity index (χ3v) is 3.18. The van der Waals surface area contributed by atoms with Crippen LogP contribution in [0.25, 0.3) is 11.0 Å². The molecule has 0 N–H and O–H groups in total. The van der Waals surface area contributed by atoms with Crippen LogP contribution in [-0.4, -0.2) is 9.97 Å². The molecular weight excluding hydrogens is 303 g/mol. The van der Waals surface area contributed by atoms with Crippen LogP contribution < -0.4 is 0 Å². The molecule has 2 rings (SSSR count). The van der Waals surface area contributed by atoms with E-state index in [4.69, 9.17) is 0 Å². The molecule has 0 saturated heterocycles. The molecule has 0 aliphatic rings. The number of nitrogens with zero attached hydrogens (tertiary/aromatic N) is 2. The van der Waals surface area contributed by atoms with Gasteiger partial charge in [-0.05, 0) is 44.0 Å². The number of halogens is 3.